The zero-order valence-electron chi connectivity index (χ0n) is 11.0. The molecule has 0 N–H and O–H groups in total. The Bertz CT molecular complexity index is 408. The first-order chi connectivity index (χ1) is 8.74. The summed E-state index contributed by atoms with van der Waals surface area (Å²) in [5.74, 6) is 1.52. The highest BCUT2D eigenvalue weighted by Crippen LogP contribution is 2.54. The normalized spacial score (nSPS) is 34.1. The lowest BCUT2D eigenvalue weighted by Gasteiger charge is -2.21. The fourth-order valence-electron chi connectivity index (χ4n) is 3.70. The second-order valence-corrected chi connectivity index (χ2v) is 6.27. The van der Waals surface area contributed by atoms with Crippen molar-refractivity contribution in [3.63, 3.8) is 0 Å². The lowest BCUT2D eigenvalue weighted by Crippen LogP contribution is -2.27. The van der Waals surface area contributed by atoms with Gasteiger partial charge in [0.25, 0.3) is 0 Å². The summed E-state index contributed by atoms with van der Waals surface area (Å²) < 4.78 is 5.90. The molecule has 0 amide bonds. The molecular formula is C16H21ClO. The maximum absolute atomic E-state index is 5.94. The van der Waals surface area contributed by atoms with Crippen molar-refractivity contribution in [2.75, 3.05) is 6.61 Å². The van der Waals surface area contributed by atoms with Crippen molar-refractivity contribution in [2.24, 2.45) is 11.8 Å². The number of halogens is 1. The first-order valence-electron chi connectivity index (χ1n) is 7.13. The molecule has 18 heavy (non-hydrogen) atoms. The summed E-state index contributed by atoms with van der Waals surface area (Å²) in [4.78, 5) is 0. The maximum atomic E-state index is 5.94. The van der Waals surface area contributed by atoms with Crippen molar-refractivity contribution < 1.29 is 4.74 Å². The fraction of sp³-hybridized carbons (Fsp3) is 0.625. The van der Waals surface area contributed by atoms with Crippen LogP contribution < -0.4 is 0 Å². The van der Waals surface area contributed by atoms with E-state index in [2.05, 4.69) is 19.1 Å². The van der Waals surface area contributed by atoms with Crippen LogP contribution in [0.1, 0.15) is 38.2 Å². The molecule has 3 rings (SSSR count). The topological polar surface area (TPSA) is 12.5 Å². The van der Waals surface area contributed by atoms with Crippen molar-refractivity contribution >= 4 is 11.6 Å². The standard InChI is InChI=1S/C16H21ClO/c1-2-3-13-6-7-14(16(13)11-18-16)10-12-4-8-15(17)9-5-12/h4-5,8-9,13-14H,2-3,6-7,10-11H2,1H3/t13-,14-,16+/m0/s1. The van der Waals surface area contributed by atoms with Crippen LogP contribution in [-0.2, 0) is 11.2 Å². The molecule has 0 unspecified atom stereocenters. The van der Waals surface area contributed by atoms with E-state index in [0.29, 0.717) is 0 Å². The highest BCUT2D eigenvalue weighted by molar-refractivity contribution is 6.30. The van der Waals surface area contributed by atoms with Gasteiger partial charge in [0.05, 0.1) is 12.2 Å². The summed E-state index contributed by atoms with van der Waals surface area (Å²) in [6.45, 7) is 3.28. The Balaban J connectivity index is 1.69. The van der Waals surface area contributed by atoms with Gasteiger partial charge in [-0.2, -0.15) is 0 Å². The monoisotopic (exact) mass is 264 g/mol. The molecular weight excluding hydrogens is 244 g/mol. The smallest absolute Gasteiger partial charge is 0.0975 e. The molecule has 1 saturated carbocycles. The van der Waals surface area contributed by atoms with Gasteiger partial charge in [-0.3, -0.25) is 0 Å². The predicted octanol–water partition coefficient (Wildman–Crippen LogP) is 4.48. The average molecular weight is 265 g/mol. The molecule has 2 aliphatic rings. The van der Waals surface area contributed by atoms with Crippen molar-refractivity contribution in [3.05, 3.63) is 34.9 Å². The van der Waals surface area contributed by atoms with Crippen molar-refractivity contribution in [2.45, 2.75) is 44.6 Å². The SMILES string of the molecule is CCC[C@H]1CC[C@@H](Cc2ccc(Cl)cc2)[C@@]12CO2. The van der Waals surface area contributed by atoms with Crippen LogP contribution in [-0.4, -0.2) is 12.2 Å². The molecule has 1 nitrogen and oxygen atoms in total. The number of epoxide rings is 1. The van der Waals surface area contributed by atoms with Crippen LogP contribution in [0.5, 0.6) is 0 Å². The number of hydrogen-bond donors (Lipinski definition) is 0. The van der Waals surface area contributed by atoms with E-state index in [4.69, 9.17) is 16.3 Å². The Kier molecular flexibility index (Phi) is 3.38. The van der Waals surface area contributed by atoms with E-state index in [1.807, 2.05) is 12.1 Å². The van der Waals surface area contributed by atoms with Crippen LogP contribution in [0.2, 0.25) is 5.02 Å². The van der Waals surface area contributed by atoms with E-state index in [0.717, 1.165) is 29.9 Å². The van der Waals surface area contributed by atoms with Gasteiger partial charge in [-0.1, -0.05) is 37.1 Å². The third-order valence-electron chi connectivity index (χ3n) is 4.76. The zero-order chi connectivity index (χ0) is 12.6. The maximum Gasteiger partial charge on any atom is 0.0975 e. The summed E-state index contributed by atoms with van der Waals surface area (Å²) >= 11 is 5.94. The average Bonchev–Trinajstić information content (AvgIpc) is 3.09. The van der Waals surface area contributed by atoms with Gasteiger partial charge in [0, 0.05) is 5.02 Å². The van der Waals surface area contributed by atoms with E-state index < -0.39 is 0 Å². The molecule has 2 heteroatoms. The third-order valence-corrected chi connectivity index (χ3v) is 5.01. The molecule has 0 radical (unpaired) electrons. The van der Waals surface area contributed by atoms with Crippen LogP contribution in [0, 0.1) is 11.8 Å². The number of ether oxygens (including phenoxy) is 1. The van der Waals surface area contributed by atoms with E-state index in [-0.39, 0.29) is 5.60 Å². The molecule has 0 aromatic heterocycles. The summed E-state index contributed by atoms with van der Waals surface area (Å²) in [5, 5.41) is 0.825. The molecule has 2 fully saturated rings. The van der Waals surface area contributed by atoms with Gasteiger partial charge in [-0.05, 0) is 55.2 Å². The van der Waals surface area contributed by atoms with Crippen molar-refractivity contribution in [1.29, 1.82) is 0 Å². The van der Waals surface area contributed by atoms with E-state index in [1.165, 1.54) is 31.2 Å². The summed E-state index contributed by atoms with van der Waals surface area (Å²) in [6.07, 6.45) is 6.44. The van der Waals surface area contributed by atoms with Gasteiger partial charge in [-0.25, -0.2) is 0 Å². The van der Waals surface area contributed by atoms with Crippen molar-refractivity contribution in [1.82, 2.24) is 0 Å². The first-order valence-corrected chi connectivity index (χ1v) is 7.51. The lowest BCUT2D eigenvalue weighted by atomic mass is 9.84. The molecule has 1 saturated heterocycles. The van der Waals surface area contributed by atoms with Gasteiger partial charge < -0.3 is 4.74 Å². The Labute approximate surface area is 114 Å². The van der Waals surface area contributed by atoms with Crippen LogP contribution >= 0.6 is 11.6 Å². The third kappa shape index (κ3) is 2.19. The Morgan fingerprint density at radius 3 is 2.50 bits per heavy atom. The first kappa shape index (κ1) is 12.5. The van der Waals surface area contributed by atoms with Gasteiger partial charge in [0.15, 0.2) is 0 Å². The Hall–Kier alpha value is -0.530. The molecule has 1 heterocycles. The zero-order valence-corrected chi connectivity index (χ0v) is 11.7. The highest BCUT2D eigenvalue weighted by Gasteiger charge is 2.59. The molecule has 0 bridgehead atoms. The summed E-state index contributed by atoms with van der Waals surface area (Å²) in [5.41, 5.74) is 1.65. The molecule has 1 aliphatic carbocycles. The number of hydrogen-bond acceptors (Lipinski definition) is 1. The Morgan fingerprint density at radius 1 is 1.22 bits per heavy atom. The quantitative estimate of drug-likeness (QED) is 0.731. The molecule has 1 aromatic carbocycles. The number of benzene rings is 1. The van der Waals surface area contributed by atoms with E-state index in [9.17, 15) is 0 Å². The van der Waals surface area contributed by atoms with Gasteiger partial charge >= 0.3 is 0 Å². The van der Waals surface area contributed by atoms with Gasteiger partial charge in [0.2, 0.25) is 0 Å². The predicted molar refractivity (Wildman–Crippen MR) is 75.0 cm³/mol. The second kappa shape index (κ2) is 4.86. The van der Waals surface area contributed by atoms with Crippen molar-refractivity contribution in [3.8, 4) is 0 Å². The summed E-state index contributed by atoms with van der Waals surface area (Å²) in [7, 11) is 0. The van der Waals surface area contributed by atoms with Gasteiger partial charge in [0.1, 0.15) is 0 Å². The minimum atomic E-state index is 0.246. The highest BCUT2D eigenvalue weighted by atomic mass is 35.5. The van der Waals surface area contributed by atoms with Crippen LogP contribution in [0.3, 0.4) is 0 Å². The van der Waals surface area contributed by atoms with Gasteiger partial charge in [-0.15, -0.1) is 0 Å². The minimum absolute atomic E-state index is 0.246. The fourth-order valence-corrected chi connectivity index (χ4v) is 3.82. The van der Waals surface area contributed by atoms with E-state index >= 15 is 0 Å². The van der Waals surface area contributed by atoms with Crippen LogP contribution in [0.4, 0.5) is 0 Å². The number of rotatable bonds is 4. The summed E-state index contributed by atoms with van der Waals surface area (Å²) in [6, 6.07) is 8.31. The van der Waals surface area contributed by atoms with Crippen LogP contribution in [0.15, 0.2) is 24.3 Å². The Morgan fingerprint density at radius 2 is 1.89 bits per heavy atom. The second-order valence-electron chi connectivity index (χ2n) is 5.83. The molecule has 1 aromatic rings. The lowest BCUT2D eigenvalue weighted by molar-refractivity contribution is 0.188. The molecule has 3 atom stereocenters. The molecule has 1 aliphatic heterocycles. The molecule has 1 spiro atoms. The van der Waals surface area contributed by atoms with Crippen LogP contribution in [0.25, 0.3) is 0 Å². The van der Waals surface area contributed by atoms with E-state index in [1.54, 1.807) is 0 Å². The molecule has 98 valence electrons. The largest absolute Gasteiger partial charge is 0.369 e. The minimum Gasteiger partial charge on any atom is -0.369 e.